The van der Waals surface area contributed by atoms with Crippen molar-refractivity contribution in [1.29, 1.82) is 0 Å². The molecule has 1 aromatic heterocycles. The largest absolute Gasteiger partial charge is 0.305 e. The van der Waals surface area contributed by atoms with Crippen LogP contribution in [0.5, 0.6) is 0 Å². The lowest BCUT2D eigenvalue weighted by Crippen LogP contribution is -2.41. The van der Waals surface area contributed by atoms with Crippen molar-refractivity contribution in [3.63, 3.8) is 0 Å². The molecule has 6 nitrogen and oxygen atoms in total. The summed E-state index contributed by atoms with van der Waals surface area (Å²) >= 11 is 0. The number of carbonyl (C=O) groups is 1. The van der Waals surface area contributed by atoms with Gasteiger partial charge in [0.1, 0.15) is 0 Å². The van der Waals surface area contributed by atoms with Crippen molar-refractivity contribution in [2.24, 2.45) is 10.5 Å². The van der Waals surface area contributed by atoms with Crippen LogP contribution in [-0.4, -0.2) is 22.3 Å². The summed E-state index contributed by atoms with van der Waals surface area (Å²) in [5.41, 5.74) is 2.21. The van der Waals surface area contributed by atoms with Gasteiger partial charge in [0.25, 0.3) is 11.5 Å². The number of H-pyrrole nitrogens is 2. The topological polar surface area (TPSA) is 90.1 Å². The van der Waals surface area contributed by atoms with E-state index in [1.165, 1.54) is 6.21 Å². The quantitative estimate of drug-likeness (QED) is 0.567. The van der Waals surface area contributed by atoms with Crippen LogP contribution >= 0.6 is 0 Å². The van der Waals surface area contributed by atoms with Crippen molar-refractivity contribution in [3.8, 4) is 0 Å². The van der Waals surface area contributed by atoms with E-state index in [4.69, 9.17) is 0 Å². The van der Waals surface area contributed by atoms with Gasteiger partial charge in [0.15, 0.2) is 0 Å². The van der Waals surface area contributed by atoms with E-state index < -0.39 is 10.8 Å². The van der Waals surface area contributed by atoms with E-state index >= 15 is 0 Å². The lowest BCUT2D eigenvalue weighted by Gasteiger charge is -2.42. The van der Waals surface area contributed by atoms with Crippen LogP contribution in [0.1, 0.15) is 32.8 Å². The molecule has 3 N–H and O–H groups in total. The number of amides is 1. The van der Waals surface area contributed by atoms with Crippen LogP contribution in [-0.2, 0) is 10.2 Å². The summed E-state index contributed by atoms with van der Waals surface area (Å²) in [6.07, 6.45) is 7.51. The predicted octanol–water partition coefficient (Wildman–Crippen LogP) is 1.60. The monoisotopic (exact) mass is 288 g/mol. The first-order chi connectivity index (χ1) is 9.88. The molecule has 1 aliphatic heterocycles. The molecule has 0 aliphatic carbocycles. The molecule has 0 fully saturated rings. The van der Waals surface area contributed by atoms with Gasteiger partial charge in [-0.05, 0) is 11.8 Å². The zero-order valence-corrected chi connectivity index (χ0v) is 12.5. The molecule has 0 saturated carbocycles. The summed E-state index contributed by atoms with van der Waals surface area (Å²) in [6.45, 7) is 9.88. The number of aromatic nitrogens is 2. The molecule has 1 amide bonds. The minimum absolute atomic E-state index is 0.181. The molecule has 6 heteroatoms. The van der Waals surface area contributed by atoms with E-state index in [0.717, 1.165) is 6.42 Å². The molecule has 2 heterocycles. The second-order valence-electron chi connectivity index (χ2n) is 5.63. The number of nitrogens with zero attached hydrogens (tertiary/aromatic N) is 1. The maximum atomic E-state index is 12.0. The molecule has 0 bridgehead atoms. The number of hydrazone groups is 1. The number of nitrogens with one attached hydrogen (secondary N) is 3. The Morgan fingerprint density at radius 3 is 2.52 bits per heavy atom. The van der Waals surface area contributed by atoms with Gasteiger partial charge in [-0.1, -0.05) is 32.9 Å². The van der Waals surface area contributed by atoms with Crippen molar-refractivity contribution < 1.29 is 4.79 Å². The fraction of sp³-hybridized carbons (Fsp3) is 0.400. The van der Waals surface area contributed by atoms with Crippen LogP contribution in [0.2, 0.25) is 0 Å². The Morgan fingerprint density at radius 1 is 1.38 bits per heavy atom. The van der Waals surface area contributed by atoms with Crippen LogP contribution < -0.4 is 11.0 Å². The van der Waals surface area contributed by atoms with Gasteiger partial charge in [-0.2, -0.15) is 5.10 Å². The minimum Gasteiger partial charge on any atom is -0.305 e. The lowest BCUT2D eigenvalue weighted by atomic mass is 9.60. The van der Waals surface area contributed by atoms with Gasteiger partial charge in [0.2, 0.25) is 0 Å². The average molecular weight is 288 g/mol. The van der Waals surface area contributed by atoms with Crippen LogP contribution in [0.15, 0.2) is 40.4 Å². The number of aromatic amines is 2. The highest BCUT2D eigenvalue weighted by Crippen LogP contribution is 2.45. The Labute approximate surface area is 123 Å². The van der Waals surface area contributed by atoms with E-state index in [1.54, 1.807) is 12.3 Å². The molecule has 0 radical (unpaired) electrons. The molecule has 112 valence electrons. The van der Waals surface area contributed by atoms with Crippen molar-refractivity contribution in [3.05, 3.63) is 46.4 Å². The maximum Gasteiger partial charge on any atom is 0.272 e. The highest BCUT2D eigenvalue weighted by Gasteiger charge is 2.43. The fourth-order valence-electron chi connectivity index (χ4n) is 2.69. The van der Waals surface area contributed by atoms with Crippen LogP contribution in [0.3, 0.4) is 0 Å². The molecule has 21 heavy (non-hydrogen) atoms. The minimum atomic E-state index is -0.626. The van der Waals surface area contributed by atoms with E-state index in [1.807, 2.05) is 26.8 Å². The summed E-state index contributed by atoms with van der Waals surface area (Å²) < 4.78 is 0. The van der Waals surface area contributed by atoms with Gasteiger partial charge in [-0.15, -0.1) is 6.58 Å². The number of hydrogen-bond donors (Lipinski definition) is 3. The van der Waals surface area contributed by atoms with E-state index in [9.17, 15) is 9.59 Å². The molecule has 0 spiro atoms. The van der Waals surface area contributed by atoms with Crippen LogP contribution in [0.4, 0.5) is 0 Å². The van der Waals surface area contributed by atoms with E-state index in [0.29, 0.717) is 11.1 Å². The highest BCUT2D eigenvalue weighted by molar-refractivity contribution is 6.15. The SMILES string of the molecule is C=CC(C)(c1c[nH][nH]c1=O)C(C)(/C=C1/C=NNC1=O)CC. The summed E-state index contributed by atoms with van der Waals surface area (Å²) in [6, 6.07) is 0. The molecule has 0 saturated heterocycles. The summed E-state index contributed by atoms with van der Waals surface area (Å²) in [5.74, 6) is -0.232. The molecule has 2 unspecified atom stereocenters. The molecule has 2 rings (SSSR count). The number of hydrogen-bond acceptors (Lipinski definition) is 3. The Morgan fingerprint density at radius 2 is 2.10 bits per heavy atom. The Kier molecular flexibility index (Phi) is 3.72. The van der Waals surface area contributed by atoms with Crippen molar-refractivity contribution in [2.75, 3.05) is 0 Å². The van der Waals surface area contributed by atoms with Gasteiger partial charge in [-0.3, -0.25) is 14.7 Å². The lowest BCUT2D eigenvalue weighted by molar-refractivity contribution is -0.116. The van der Waals surface area contributed by atoms with Crippen LogP contribution in [0.25, 0.3) is 0 Å². The van der Waals surface area contributed by atoms with Gasteiger partial charge in [0, 0.05) is 17.2 Å². The molecule has 0 aromatic carbocycles. The first-order valence-corrected chi connectivity index (χ1v) is 6.84. The summed E-state index contributed by atoms with van der Waals surface area (Å²) in [5, 5.41) is 9.04. The van der Waals surface area contributed by atoms with Gasteiger partial charge in [-0.25, -0.2) is 5.43 Å². The molecular formula is C15H20N4O2. The molecule has 1 aliphatic rings. The van der Waals surface area contributed by atoms with Gasteiger partial charge in [0.05, 0.1) is 11.8 Å². The standard InChI is InChI=1S/C15H20N4O2/c1-5-14(3,7-10-8-16-18-12(10)20)15(4,6-2)11-9-17-19-13(11)21/h6-9H,2,5H2,1,3-4H3,(H,18,20)(H2,17,19,21)/b10-7-. The average Bonchev–Trinajstić information content (AvgIpc) is 3.07. The molecule has 2 atom stereocenters. The molecule has 1 aromatic rings. The maximum absolute atomic E-state index is 12.0. The van der Waals surface area contributed by atoms with Gasteiger partial charge < -0.3 is 5.10 Å². The van der Waals surface area contributed by atoms with Crippen molar-refractivity contribution >= 4 is 12.1 Å². The third-order valence-corrected chi connectivity index (χ3v) is 4.64. The predicted molar refractivity (Wildman–Crippen MR) is 82.1 cm³/mol. The van der Waals surface area contributed by atoms with Gasteiger partial charge >= 0.3 is 0 Å². The summed E-state index contributed by atoms with van der Waals surface area (Å²) in [4.78, 5) is 23.8. The second-order valence-corrected chi connectivity index (χ2v) is 5.63. The Balaban J connectivity index is 2.59. The van der Waals surface area contributed by atoms with Crippen LogP contribution in [0, 0.1) is 5.41 Å². The first-order valence-electron chi connectivity index (χ1n) is 6.84. The highest BCUT2D eigenvalue weighted by atomic mass is 16.2. The zero-order valence-electron chi connectivity index (χ0n) is 12.5. The van der Waals surface area contributed by atoms with Crippen molar-refractivity contribution in [2.45, 2.75) is 32.6 Å². The summed E-state index contributed by atoms with van der Waals surface area (Å²) in [7, 11) is 0. The normalized spacial score (nSPS) is 21.9. The number of allylic oxidation sites excluding steroid dienone is 2. The first kappa shape index (κ1) is 15.0. The smallest absolute Gasteiger partial charge is 0.272 e. The third kappa shape index (κ3) is 2.26. The fourth-order valence-corrected chi connectivity index (χ4v) is 2.69. The van der Waals surface area contributed by atoms with E-state index in [2.05, 4.69) is 27.3 Å². The van der Waals surface area contributed by atoms with Crippen molar-refractivity contribution in [1.82, 2.24) is 15.6 Å². The third-order valence-electron chi connectivity index (χ3n) is 4.64. The Hall–Kier alpha value is -2.37. The number of rotatable bonds is 5. The Bertz CT molecular complexity index is 682. The van der Waals surface area contributed by atoms with E-state index in [-0.39, 0.29) is 11.5 Å². The second kappa shape index (κ2) is 5.20. The zero-order chi connectivity index (χ0) is 15.7. The number of carbonyl (C=O) groups excluding carboxylic acids is 1. The molecular weight excluding hydrogens is 268 g/mol.